The van der Waals surface area contributed by atoms with Crippen LogP contribution in [0.15, 0.2) is 28.7 Å². The third-order valence-corrected chi connectivity index (χ3v) is 2.25. The molecule has 0 bridgehead atoms. The Kier molecular flexibility index (Phi) is 4.76. The van der Waals surface area contributed by atoms with Gasteiger partial charge >= 0.3 is 6.09 Å². The topological polar surface area (TPSA) is 38.3 Å². The summed E-state index contributed by atoms with van der Waals surface area (Å²) in [7, 11) is 0. The maximum atomic E-state index is 11.1. The molecule has 1 aromatic rings. The Morgan fingerprint density at radius 1 is 1.50 bits per heavy atom. The van der Waals surface area contributed by atoms with Gasteiger partial charge in [0, 0.05) is 12.4 Å². The van der Waals surface area contributed by atoms with Gasteiger partial charge in [-0.05, 0) is 28.1 Å². The van der Waals surface area contributed by atoms with Crippen molar-refractivity contribution in [3.8, 4) is 5.75 Å². The molecule has 0 aliphatic rings. The molecule has 0 spiro atoms. The SMILES string of the molecule is O=C(NCCCl)Oc1ccccc1Br. The first-order valence-corrected chi connectivity index (χ1v) is 5.33. The highest BCUT2D eigenvalue weighted by molar-refractivity contribution is 9.10. The van der Waals surface area contributed by atoms with E-state index < -0.39 is 6.09 Å². The van der Waals surface area contributed by atoms with E-state index in [9.17, 15) is 4.79 Å². The van der Waals surface area contributed by atoms with E-state index in [4.69, 9.17) is 16.3 Å². The maximum Gasteiger partial charge on any atom is 0.412 e. The van der Waals surface area contributed by atoms with Crippen molar-refractivity contribution in [2.75, 3.05) is 12.4 Å². The molecule has 1 amide bonds. The van der Waals surface area contributed by atoms with Gasteiger partial charge in [0.05, 0.1) is 4.47 Å². The predicted octanol–water partition coefficient (Wildman–Crippen LogP) is 2.78. The summed E-state index contributed by atoms with van der Waals surface area (Å²) in [6, 6.07) is 7.12. The number of amides is 1. The second-order valence-corrected chi connectivity index (χ2v) is 3.67. The van der Waals surface area contributed by atoms with Crippen molar-refractivity contribution in [3.05, 3.63) is 28.7 Å². The van der Waals surface area contributed by atoms with E-state index in [0.29, 0.717) is 18.2 Å². The van der Waals surface area contributed by atoms with E-state index >= 15 is 0 Å². The minimum atomic E-state index is -0.502. The first-order chi connectivity index (χ1) is 6.74. The fourth-order valence-corrected chi connectivity index (χ4v) is 1.27. The van der Waals surface area contributed by atoms with Gasteiger partial charge < -0.3 is 10.1 Å². The number of carbonyl (C=O) groups is 1. The van der Waals surface area contributed by atoms with Crippen LogP contribution in [0.1, 0.15) is 0 Å². The Hall–Kier alpha value is -0.740. The maximum absolute atomic E-state index is 11.1. The number of hydrogen-bond donors (Lipinski definition) is 1. The molecular weight excluding hydrogens is 269 g/mol. The molecule has 0 saturated carbocycles. The zero-order valence-electron chi connectivity index (χ0n) is 7.30. The number of carbonyl (C=O) groups excluding carboxylic acids is 1. The molecule has 0 aliphatic carbocycles. The Bertz CT molecular complexity index is 319. The van der Waals surface area contributed by atoms with Crippen molar-refractivity contribution in [1.82, 2.24) is 5.32 Å². The number of benzene rings is 1. The third-order valence-electron chi connectivity index (χ3n) is 1.40. The molecule has 0 heterocycles. The molecule has 1 aromatic carbocycles. The van der Waals surface area contributed by atoms with E-state index in [0.717, 1.165) is 4.47 Å². The molecule has 0 atom stereocenters. The highest BCUT2D eigenvalue weighted by Crippen LogP contribution is 2.23. The van der Waals surface area contributed by atoms with Crippen molar-refractivity contribution >= 4 is 33.6 Å². The van der Waals surface area contributed by atoms with Gasteiger partial charge in [0.1, 0.15) is 5.75 Å². The average molecular weight is 279 g/mol. The zero-order chi connectivity index (χ0) is 10.4. The van der Waals surface area contributed by atoms with Gasteiger partial charge in [-0.3, -0.25) is 0 Å². The number of halogens is 2. The second-order valence-electron chi connectivity index (χ2n) is 2.44. The highest BCUT2D eigenvalue weighted by Gasteiger charge is 2.05. The van der Waals surface area contributed by atoms with Gasteiger partial charge in [0.15, 0.2) is 0 Å². The van der Waals surface area contributed by atoms with Crippen LogP contribution in [-0.2, 0) is 0 Å². The van der Waals surface area contributed by atoms with Crippen LogP contribution < -0.4 is 10.1 Å². The van der Waals surface area contributed by atoms with Crippen LogP contribution in [0, 0.1) is 0 Å². The quantitative estimate of drug-likeness (QED) is 0.864. The molecule has 3 nitrogen and oxygen atoms in total. The van der Waals surface area contributed by atoms with Crippen molar-refractivity contribution in [3.63, 3.8) is 0 Å². The Balaban J connectivity index is 2.52. The molecule has 0 fully saturated rings. The average Bonchev–Trinajstić information content (AvgIpc) is 2.18. The summed E-state index contributed by atoms with van der Waals surface area (Å²) in [4.78, 5) is 11.1. The number of rotatable bonds is 3. The number of nitrogens with one attached hydrogen (secondary N) is 1. The predicted molar refractivity (Wildman–Crippen MR) is 58.9 cm³/mol. The summed E-state index contributed by atoms with van der Waals surface area (Å²) in [6.45, 7) is 0.394. The van der Waals surface area contributed by atoms with E-state index in [-0.39, 0.29) is 0 Å². The Morgan fingerprint density at radius 3 is 2.86 bits per heavy atom. The summed E-state index contributed by atoms with van der Waals surface area (Å²) in [5.74, 6) is 0.852. The summed E-state index contributed by atoms with van der Waals surface area (Å²) in [6.07, 6.45) is -0.502. The van der Waals surface area contributed by atoms with E-state index in [2.05, 4.69) is 21.2 Å². The molecule has 14 heavy (non-hydrogen) atoms. The first-order valence-electron chi connectivity index (χ1n) is 4.00. The molecule has 0 radical (unpaired) electrons. The normalized spacial score (nSPS) is 9.57. The van der Waals surface area contributed by atoms with Gasteiger partial charge in [-0.1, -0.05) is 12.1 Å². The van der Waals surface area contributed by atoms with Crippen LogP contribution in [0.25, 0.3) is 0 Å². The van der Waals surface area contributed by atoms with Crippen molar-refractivity contribution in [1.29, 1.82) is 0 Å². The van der Waals surface area contributed by atoms with Gasteiger partial charge in [0.2, 0.25) is 0 Å². The smallest absolute Gasteiger partial charge is 0.409 e. The molecule has 0 unspecified atom stereocenters. The number of para-hydroxylation sites is 1. The van der Waals surface area contributed by atoms with Crippen LogP contribution >= 0.6 is 27.5 Å². The number of alkyl halides is 1. The largest absolute Gasteiger partial charge is 0.412 e. The molecule has 1 rings (SSSR count). The lowest BCUT2D eigenvalue weighted by molar-refractivity contribution is 0.201. The van der Waals surface area contributed by atoms with Crippen LogP contribution in [-0.4, -0.2) is 18.5 Å². The fraction of sp³-hybridized carbons (Fsp3) is 0.222. The minimum absolute atomic E-state index is 0.366. The molecule has 5 heteroatoms. The van der Waals surface area contributed by atoms with Gasteiger partial charge in [-0.15, -0.1) is 11.6 Å². The van der Waals surface area contributed by atoms with Crippen LogP contribution in [0.3, 0.4) is 0 Å². The van der Waals surface area contributed by atoms with Crippen molar-refractivity contribution in [2.24, 2.45) is 0 Å². The van der Waals surface area contributed by atoms with Gasteiger partial charge in [-0.2, -0.15) is 0 Å². The summed E-state index contributed by atoms with van der Waals surface area (Å²) < 4.78 is 5.73. The monoisotopic (exact) mass is 277 g/mol. The van der Waals surface area contributed by atoms with E-state index in [1.54, 1.807) is 18.2 Å². The standard InChI is InChI=1S/C9H9BrClNO2/c10-7-3-1-2-4-8(7)14-9(13)12-6-5-11/h1-4H,5-6H2,(H,12,13). The first kappa shape index (κ1) is 11.3. The molecule has 76 valence electrons. The molecule has 0 aromatic heterocycles. The summed E-state index contributed by atoms with van der Waals surface area (Å²) >= 11 is 8.66. The summed E-state index contributed by atoms with van der Waals surface area (Å²) in [5.41, 5.74) is 0. The van der Waals surface area contributed by atoms with Gasteiger partial charge in [-0.25, -0.2) is 4.79 Å². The van der Waals surface area contributed by atoms with Crippen LogP contribution in [0.4, 0.5) is 4.79 Å². The Labute approximate surface area is 95.5 Å². The molecular formula is C9H9BrClNO2. The third kappa shape index (κ3) is 3.55. The lowest BCUT2D eigenvalue weighted by Gasteiger charge is -2.06. The lowest BCUT2D eigenvalue weighted by Crippen LogP contribution is -2.28. The molecule has 0 aliphatic heterocycles. The highest BCUT2D eigenvalue weighted by atomic mass is 79.9. The number of hydrogen-bond acceptors (Lipinski definition) is 2. The van der Waals surface area contributed by atoms with Crippen molar-refractivity contribution < 1.29 is 9.53 Å². The van der Waals surface area contributed by atoms with E-state index in [1.165, 1.54) is 0 Å². The molecule has 1 N–H and O–H groups in total. The van der Waals surface area contributed by atoms with Crippen LogP contribution in [0.5, 0.6) is 5.75 Å². The van der Waals surface area contributed by atoms with E-state index in [1.807, 2.05) is 6.07 Å². The van der Waals surface area contributed by atoms with Gasteiger partial charge in [0.25, 0.3) is 0 Å². The minimum Gasteiger partial charge on any atom is -0.409 e. The summed E-state index contributed by atoms with van der Waals surface area (Å²) in [5, 5.41) is 2.49. The molecule has 0 saturated heterocycles. The van der Waals surface area contributed by atoms with Crippen molar-refractivity contribution in [2.45, 2.75) is 0 Å². The fourth-order valence-electron chi connectivity index (χ4n) is 0.813. The Morgan fingerprint density at radius 2 is 2.21 bits per heavy atom. The van der Waals surface area contributed by atoms with Crippen LogP contribution in [0.2, 0.25) is 0 Å². The lowest BCUT2D eigenvalue weighted by atomic mass is 10.3. The number of ether oxygens (including phenoxy) is 1. The zero-order valence-corrected chi connectivity index (χ0v) is 9.64. The second kappa shape index (κ2) is 5.88.